The van der Waals surface area contributed by atoms with Crippen molar-refractivity contribution in [3.63, 3.8) is 0 Å². The van der Waals surface area contributed by atoms with Gasteiger partial charge in [-0.15, -0.1) is 0 Å². The van der Waals surface area contributed by atoms with E-state index in [-0.39, 0.29) is 23.4 Å². The minimum absolute atomic E-state index is 0.0989. The van der Waals surface area contributed by atoms with Crippen LogP contribution in [0.4, 0.5) is 4.79 Å². The van der Waals surface area contributed by atoms with Crippen molar-refractivity contribution in [1.82, 2.24) is 9.62 Å². The Morgan fingerprint density at radius 1 is 1.33 bits per heavy atom. The van der Waals surface area contributed by atoms with Gasteiger partial charge >= 0.3 is 155 Å². The molecular weight excluding hydrogens is 640 g/mol. The van der Waals surface area contributed by atoms with Crippen LogP contribution in [-0.4, -0.2) is 93.7 Å². The zero-order valence-electron chi connectivity index (χ0n) is 20.6. The number of hydrogen-bond acceptors (Lipinski definition) is 5. The van der Waals surface area contributed by atoms with Gasteiger partial charge in [0.2, 0.25) is 0 Å². The summed E-state index contributed by atoms with van der Waals surface area (Å²) in [6.45, 7) is 17.6. The molecule has 1 rings (SSSR count). The molecule has 1 aliphatic heterocycles. The van der Waals surface area contributed by atoms with Gasteiger partial charge in [0.1, 0.15) is 0 Å². The van der Waals surface area contributed by atoms with E-state index in [0.717, 1.165) is 55.8 Å². The molecule has 1 fully saturated rings. The topological polar surface area (TPSA) is 116 Å². The van der Waals surface area contributed by atoms with E-state index in [0.29, 0.717) is 25.5 Å². The molecule has 1 amide bonds. The van der Waals surface area contributed by atoms with E-state index in [9.17, 15) is 13.2 Å². The average molecular weight is 683 g/mol. The summed E-state index contributed by atoms with van der Waals surface area (Å²) >= 11 is 0.839. The molecule has 0 spiro atoms. The zero-order valence-corrected chi connectivity index (χ0v) is 25.3. The van der Waals surface area contributed by atoms with E-state index in [4.69, 9.17) is 14.9 Å². The van der Waals surface area contributed by atoms with Crippen LogP contribution in [0.3, 0.4) is 0 Å². The number of aliphatic hydroxyl groups is 1. The van der Waals surface area contributed by atoms with E-state index < -0.39 is 16.1 Å². The summed E-state index contributed by atoms with van der Waals surface area (Å²) in [7, 11) is -3.66. The number of sulfonamides is 1. The molecule has 0 aromatic carbocycles. The number of aliphatic hydroxyl groups excluding tert-OH is 1. The monoisotopic (exact) mass is 683 g/mol. The molecule has 1 heterocycles. The SMILES string of the molecule is C=C/C=C(\C=C)S(=O)(=O)N(CC[C@H]([CH2][Pb])NC(=O)O)CC(C)C.CC.OCC[C@H]1CCOC1. The number of carbonyl (C=O) groups is 1. The number of nitrogens with one attached hydrogen (secondary N) is 1. The predicted octanol–water partition coefficient (Wildman–Crippen LogP) is 3.57. The van der Waals surface area contributed by atoms with Crippen molar-refractivity contribution < 1.29 is 28.2 Å². The third kappa shape index (κ3) is 15.7. The van der Waals surface area contributed by atoms with Gasteiger partial charge in [-0.2, -0.15) is 0 Å². The number of ether oxygens (including phenoxy) is 1. The maximum atomic E-state index is 12.7. The molecule has 0 aliphatic carbocycles. The van der Waals surface area contributed by atoms with Crippen molar-refractivity contribution >= 4 is 41.9 Å². The number of rotatable bonds is 13. The molecule has 8 nitrogen and oxygen atoms in total. The standard InChI is InChI=1S/C15H25N2O4S.C6H12O2.C2H6.Pb/c1-6-8-14(7-2)22(20,21)17(11-12(3)4)10-9-13(5)16-15(18)19;7-3-1-6-2-4-8-5-6;1-2;/h6-8,12-13,16H,1-2,5,9-11H2,3-4H3,(H,18,19);6-7H,1-5H2;1-2H3;/b14-8+;;;/t13-;6-;;/m00../s1. The fourth-order valence-corrected chi connectivity index (χ4v) is 5.74. The second kappa shape index (κ2) is 20.6. The maximum Gasteiger partial charge on any atom is 0.0495 e. The van der Waals surface area contributed by atoms with E-state index in [1.54, 1.807) is 0 Å². The predicted molar refractivity (Wildman–Crippen MR) is 136 cm³/mol. The fourth-order valence-electron chi connectivity index (χ4n) is 2.93. The summed E-state index contributed by atoms with van der Waals surface area (Å²) in [6.07, 6.45) is 5.54. The van der Waals surface area contributed by atoms with Crippen molar-refractivity contribution in [2.75, 3.05) is 32.9 Å². The molecule has 191 valence electrons. The first kappa shape index (κ1) is 34.4. The second-order valence-corrected chi connectivity index (χ2v) is 11.2. The van der Waals surface area contributed by atoms with Crippen LogP contribution in [0, 0.1) is 11.8 Å². The van der Waals surface area contributed by atoms with Crippen molar-refractivity contribution in [1.29, 1.82) is 0 Å². The molecule has 3 radical (unpaired) electrons. The van der Waals surface area contributed by atoms with Crippen LogP contribution in [0.1, 0.15) is 47.0 Å². The molecule has 0 aromatic heterocycles. The van der Waals surface area contributed by atoms with Gasteiger partial charge in [0.05, 0.1) is 0 Å². The Morgan fingerprint density at radius 3 is 2.36 bits per heavy atom. The summed E-state index contributed by atoms with van der Waals surface area (Å²) in [5.41, 5.74) is 0. The smallest absolute Gasteiger partial charge is 0.0495 e. The van der Waals surface area contributed by atoms with Crippen molar-refractivity contribution in [2.45, 2.75) is 57.0 Å². The molecule has 10 heteroatoms. The number of nitrogens with zero attached hydrogens (tertiary/aromatic N) is 1. The van der Waals surface area contributed by atoms with Crippen molar-refractivity contribution in [3.8, 4) is 0 Å². The van der Waals surface area contributed by atoms with Crippen LogP contribution in [0.2, 0.25) is 3.98 Å². The summed E-state index contributed by atoms with van der Waals surface area (Å²) < 4.78 is 32.7. The van der Waals surface area contributed by atoms with E-state index in [2.05, 4.69) is 18.5 Å². The van der Waals surface area contributed by atoms with E-state index >= 15 is 0 Å². The van der Waals surface area contributed by atoms with Gasteiger partial charge in [0.25, 0.3) is 0 Å². The summed E-state index contributed by atoms with van der Waals surface area (Å²) in [4.78, 5) is 10.9. The Bertz CT molecular complexity index is 676. The molecule has 0 saturated carbocycles. The van der Waals surface area contributed by atoms with Gasteiger partial charge in [0.15, 0.2) is 0 Å². The number of carboxylic acid groups (broad SMARTS) is 1. The summed E-state index contributed by atoms with van der Waals surface area (Å²) in [5, 5.41) is 19.7. The molecule has 0 bridgehead atoms. The van der Waals surface area contributed by atoms with Crippen LogP contribution in [-0.2, 0) is 14.8 Å². The second-order valence-electron chi connectivity index (χ2n) is 7.65. The third-order valence-corrected chi connectivity index (χ3v) is 8.38. The molecule has 1 aliphatic rings. The van der Waals surface area contributed by atoms with Gasteiger partial charge in [-0.05, 0) is 18.8 Å². The fraction of sp³-hybridized carbons (Fsp3) is 0.696. The molecule has 0 aromatic rings. The molecule has 33 heavy (non-hydrogen) atoms. The van der Waals surface area contributed by atoms with Crippen LogP contribution in [0.5, 0.6) is 0 Å². The minimum atomic E-state index is -3.66. The largest absolute Gasteiger partial charge is 0.396 e. The molecular formula is C23H43N2O6PbS. The van der Waals surface area contributed by atoms with Crippen LogP contribution < -0.4 is 5.32 Å². The Morgan fingerprint density at radius 2 is 1.97 bits per heavy atom. The number of amides is 1. The normalized spacial score (nSPS) is 16.8. The Labute approximate surface area is 216 Å². The van der Waals surface area contributed by atoms with Crippen molar-refractivity contribution in [2.24, 2.45) is 11.8 Å². The third-order valence-electron chi connectivity index (χ3n) is 4.55. The number of hydrogen-bond donors (Lipinski definition) is 3. The average Bonchev–Trinajstić information content (AvgIpc) is 3.28. The minimum Gasteiger partial charge on any atom is -0.396 e. The van der Waals surface area contributed by atoms with Crippen LogP contribution in [0.25, 0.3) is 0 Å². The first-order chi connectivity index (χ1) is 15.6. The molecule has 3 N–H and O–H groups in total. The van der Waals surface area contributed by atoms with Gasteiger partial charge in [-0.1, -0.05) is 13.8 Å². The van der Waals surface area contributed by atoms with E-state index in [1.165, 1.54) is 22.5 Å². The zero-order chi connectivity index (χ0) is 25.9. The molecule has 1 saturated heterocycles. The Hall–Kier alpha value is -0.758. The van der Waals surface area contributed by atoms with Crippen LogP contribution >= 0.6 is 0 Å². The van der Waals surface area contributed by atoms with Gasteiger partial charge in [-0.25, -0.2) is 0 Å². The first-order valence-corrected chi connectivity index (χ1v) is 15.6. The van der Waals surface area contributed by atoms with Gasteiger partial charge < -0.3 is 9.84 Å². The van der Waals surface area contributed by atoms with Gasteiger partial charge in [0, 0.05) is 19.8 Å². The summed E-state index contributed by atoms with van der Waals surface area (Å²) in [6, 6.07) is -0.223. The Kier molecular flexibility index (Phi) is 21.5. The van der Waals surface area contributed by atoms with Crippen LogP contribution in [0.15, 0.2) is 36.3 Å². The summed E-state index contributed by atoms with van der Waals surface area (Å²) in [5.74, 6) is 0.793. The van der Waals surface area contributed by atoms with Crippen molar-refractivity contribution in [3.05, 3.63) is 36.3 Å². The van der Waals surface area contributed by atoms with Gasteiger partial charge in [-0.3, -0.25) is 0 Å². The number of allylic oxidation sites excluding steroid dienone is 3. The first-order valence-electron chi connectivity index (χ1n) is 11.4. The maximum absolute atomic E-state index is 12.7. The quantitative estimate of drug-likeness (QED) is 0.202. The van der Waals surface area contributed by atoms with E-state index in [1.807, 2.05) is 27.7 Å². The molecule has 2 atom stereocenters. The Balaban J connectivity index is 0. The molecule has 0 unspecified atom stereocenters.